The van der Waals surface area contributed by atoms with E-state index in [1.54, 1.807) is 6.20 Å². The molecule has 2 aliphatic heterocycles. The summed E-state index contributed by atoms with van der Waals surface area (Å²) in [7, 11) is 0. The summed E-state index contributed by atoms with van der Waals surface area (Å²) in [5, 5.41) is 0. The van der Waals surface area contributed by atoms with Crippen LogP contribution in [0.15, 0.2) is 12.3 Å². The van der Waals surface area contributed by atoms with E-state index in [1.165, 1.54) is 0 Å². The lowest BCUT2D eigenvalue weighted by Crippen LogP contribution is -2.37. The molecule has 1 aromatic heterocycles. The minimum atomic E-state index is 0.154. The highest BCUT2D eigenvalue weighted by molar-refractivity contribution is 5.79. The Labute approximate surface area is 119 Å². The van der Waals surface area contributed by atoms with E-state index in [0.717, 1.165) is 43.9 Å². The smallest absolute Gasteiger partial charge is 0.225 e. The maximum atomic E-state index is 12.5. The van der Waals surface area contributed by atoms with Crippen LogP contribution in [0.2, 0.25) is 0 Å². The van der Waals surface area contributed by atoms with Gasteiger partial charge in [-0.3, -0.25) is 4.79 Å². The van der Waals surface area contributed by atoms with Crippen LogP contribution in [0.4, 0.5) is 0 Å². The molecule has 1 aromatic rings. The number of carbonyl (C=O) groups is 1. The van der Waals surface area contributed by atoms with Gasteiger partial charge in [0.15, 0.2) is 0 Å². The van der Waals surface area contributed by atoms with Crippen molar-refractivity contribution in [3.63, 3.8) is 0 Å². The Morgan fingerprint density at radius 2 is 2.15 bits per heavy atom. The molecule has 2 aliphatic rings. The molecule has 5 nitrogen and oxygen atoms in total. The number of likely N-dealkylation sites (tertiary alicyclic amines) is 1. The predicted octanol–water partition coefficient (Wildman–Crippen LogP) is 1.53. The third-order valence-electron chi connectivity index (χ3n) is 4.25. The Morgan fingerprint density at radius 3 is 2.90 bits per heavy atom. The summed E-state index contributed by atoms with van der Waals surface area (Å²) < 4.78 is 5.33. The first kappa shape index (κ1) is 13.5. The Morgan fingerprint density at radius 1 is 1.35 bits per heavy atom. The lowest BCUT2D eigenvalue weighted by atomic mass is 9.99. The van der Waals surface area contributed by atoms with E-state index >= 15 is 0 Å². The molecule has 3 rings (SSSR count). The van der Waals surface area contributed by atoms with Crippen molar-refractivity contribution in [3.8, 4) is 0 Å². The van der Waals surface area contributed by atoms with E-state index in [-0.39, 0.29) is 5.92 Å². The van der Waals surface area contributed by atoms with Crippen molar-refractivity contribution in [2.45, 2.75) is 32.1 Å². The molecule has 1 atom stereocenters. The topological polar surface area (TPSA) is 55.3 Å². The third kappa shape index (κ3) is 2.82. The maximum absolute atomic E-state index is 12.5. The molecule has 0 spiro atoms. The number of aromatic nitrogens is 2. The second kappa shape index (κ2) is 5.87. The van der Waals surface area contributed by atoms with E-state index in [4.69, 9.17) is 4.74 Å². The van der Waals surface area contributed by atoms with Crippen LogP contribution in [0.5, 0.6) is 0 Å². The Kier molecular flexibility index (Phi) is 3.96. The Balaban J connectivity index is 1.63. The molecular formula is C15H21N3O2. The summed E-state index contributed by atoms with van der Waals surface area (Å²) >= 11 is 0. The van der Waals surface area contributed by atoms with E-state index < -0.39 is 0 Å². The standard InChI is InChI=1S/C15H21N3O2/c1-11-2-6-16-14(17-11)13-3-7-18(10-13)15(19)12-4-8-20-9-5-12/h2,6,12-13H,3-5,7-10H2,1H3. The minimum absolute atomic E-state index is 0.154. The highest BCUT2D eigenvalue weighted by Gasteiger charge is 2.33. The van der Waals surface area contributed by atoms with E-state index in [2.05, 4.69) is 9.97 Å². The average Bonchev–Trinajstić information content (AvgIpc) is 2.97. The van der Waals surface area contributed by atoms with Crippen LogP contribution >= 0.6 is 0 Å². The summed E-state index contributed by atoms with van der Waals surface area (Å²) in [6.45, 7) is 5.01. The molecule has 2 fully saturated rings. The molecule has 20 heavy (non-hydrogen) atoms. The Hall–Kier alpha value is -1.49. The molecule has 3 heterocycles. The first-order chi connectivity index (χ1) is 9.74. The summed E-state index contributed by atoms with van der Waals surface area (Å²) in [4.78, 5) is 23.3. The maximum Gasteiger partial charge on any atom is 0.225 e. The highest BCUT2D eigenvalue weighted by atomic mass is 16.5. The lowest BCUT2D eigenvalue weighted by molar-refractivity contribution is -0.137. The normalized spacial score (nSPS) is 24.1. The molecule has 2 saturated heterocycles. The number of nitrogens with zero attached hydrogens (tertiary/aromatic N) is 3. The van der Waals surface area contributed by atoms with Crippen LogP contribution < -0.4 is 0 Å². The van der Waals surface area contributed by atoms with Gasteiger partial charge >= 0.3 is 0 Å². The molecule has 0 radical (unpaired) electrons. The van der Waals surface area contributed by atoms with E-state index in [9.17, 15) is 4.79 Å². The van der Waals surface area contributed by atoms with Crippen molar-refractivity contribution in [1.82, 2.24) is 14.9 Å². The first-order valence-electron chi connectivity index (χ1n) is 7.40. The van der Waals surface area contributed by atoms with Gasteiger partial charge in [-0.25, -0.2) is 9.97 Å². The lowest BCUT2D eigenvalue weighted by Gasteiger charge is -2.26. The van der Waals surface area contributed by atoms with Gasteiger partial charge in [0, 0.05) is 50.0 Å². The van der Waals surface area contributed by atoms with Crippen molar-refractivity contribution < 1.29 is 9.53 Å². The van der Waals surface area contributed by atoms with Gasteiger partial charge in [-0.15, -0.1) is 0 Å². The predicted molar refractivity (Wildman–Crippen MR) is 74.3 cm³/mol. The molecule has 1 unspecified atom stereocenters. The number of aryl methyl sites for hydroxylation is 1. The second-order valence-electron chi connectivity index (χ2n) is 5.71. The van der Waals surface area contributed by atoms with E-state index in [0.29, 0.717) is 25.0 Å². The van der Waals surface area contributed by atoms with Crippen LogP contribution in [0.3, 0.4) is 0 Å². The second-order valence-corrected chi connectivity index (χ2v) is 5.71. The fourth-order valence-corrected chi connectivity index (χ4v) is 3.04. The van der Waals surface area contributed by atoms with Crippen LogP contribution in [0.25, 0.3) is 0 Å². The summed E-state index contributed by atoms with van der Waals surface area (Å²) in [6, 6.07) is 1.91. The number of amides is 1. The van der Waals surface area contributed by atoms with Gasteiger partial charge in [0.1, 0.15) is 5.82 Å². The zero-order valence-corrected chi connectivity index (χ0v) is 11.9. The molecule has 5 heteroatoms. The molecule has 0 saturated carbocycles. The van der Waals surface area contributed by atoms with Crippen molar-refractivity contribution in [1.29, 1.82) is 0 Å². The van der Waals surface area contributed by atoms with Gasteiger partial charge in [-0.05, 0) is 32.3 Å². The molecule has 0 bridgehead atoms. The van der Waals surface area contributed by atoms with Crippen LogP contribution in [-0.2, 0) is 9.53 Å². The summed E-state index contributed by atoms with van der Waals surface area (Å²) in [5.41, 5.74) is 0.990. The molecule has 0 aliphatic carbocycles. The van der Waals surface area contributed by atoms with Gasteiger partial charge in [-0.1, -0.05) is 0 Å². The SMILES string of the molecule is Cc1ccnc(C2CCN(C(=O)C3CCOCC3)C2)n1. The average molecular weight is 275 g/mol. The molecule has 0 aromatic carbocycles. The van der Waals surface area contributed by atoms with E-state index in [1.807, 2.05) is 17.9 Å². The number of ether oxygens (including phenoxy) is 1. The molecule has 0 N–H and O–H groups in total. The van der Waals surface area contributed by atoms with Crippen molar-refractivity contribution in [2.24, 2.45) is 5.92 Å². The number of hydrogen-bond acceptors (Lipinski definition) is 4. The summed E-state index contributed by atoms with van der Waals surface area (Å²) in [5.74, 6) is 1.62. The molecule has 108 valence electrons. The van der Waals surface area contributed by atoms with Gasteiger partial charge in [0.05, 0.1) is 0 Å². The van der Waals surface area contributed by atoms with Crippen molar-refractivity contribution in [2.75, 3.05) is 26.3 Å². The first-order valence-corrected chi connectivity index (χ1v) is 7.40. The minimum Gasteiger partial charge on any atom is -0.381 e. The largest absolute Gasteiger partial charge is 0.381 e. The fraction of sp³-hybridized carbons (Fsp3) is 0.667. The molecular weight excluding hydrogens is 254 g/mol. The zero-order valence-electron chi connectivity index (χ0n) is 11.9. The monoisotopic (exact) mass is 275 g/mol. The third-order valence-corrected chi connectivity index (χ3v) is 4.25. The van der Waals surface area contributed by atoms with Gasteiger partial charge < -0.3 is 9.64 Å². The number of rotatable bonds is 2. The Bertz CT molecular complexity index is 486. The van der Waals surface area contributed by atoms with Gasteiger partial charge in [0.25, 0.3) is 0 Å². The van der Waals surface area contributed by atoms with Crippen LogP contribution in [-0.4, -0.2) is 47.1 Å². The van der Waals surface area contributed by atoms with Crippen molar-refractivity contribution in [3.05, 3.63) is 23.8 Å². The van der Waals surface area contributed by atoms with Crippen LogP contribution in [0.1, 0.15) is 36.7 Å². The zero-order chi connectivity index (χ0) is 13.9. The fourth-order valence-electron chi connectivity index (χ4n) is 3.04. The number of hydrogen-bond donors (Lipinski definition) is 0. The highest BCUT2D eigenvalue weighted by Crippen LogP contribution is 2.27. The number of carbonyl (C=O) groups excluding carboxylic acids is 1. The quantitative estimate of drug-likeness (QED) is 0.821. The van der Waals surface area contributed by atoms with Gasteiger partial charge in [0.2, 0.25) is 5.91 Å². The molecule has 1 amide bonds. The van der Waals surface area contributed by atoms with Crippen molar-refractivity contribution >= 4 is 5.91 Å². The van der Waals surface area contributed by atoms with Crippen LogP contribution in [0, 0.1) is 12.8 Å². The van der Waals surface area contributed by atoms with Gasteiger partial charge in [-0.2, -0.15) is 0 Å². The summed E-state index contributed by atoms with van der Waals surface area (Å²) in [6.07, 6.45) is 4.50.